The van der Waals surface area contributed by atoms with E-state index in [1.165, 1.54) is 0 Å². The standard InChI is InChI=1S/C26H17BrO5/c1-14-4-3-5-16(8-14)10-22-25(28)24-15(2)9-19(13-21(24)32-22)30-26(29)23-12-17-11-18(27)6-7-20(17)31-23/h3-13H,1-2H3/b22-10-. The number of halogens is 1. The molecule has 5 rings (SSSR count). The number of furan rings is 1. The van der Waals surface area contributed by atoms with Gasteiger partial charge in [0.05, 0.1) is 5.56 Å². The van der Waals surface area contributed by atoms with Gasteiger partial charge in [0.15, 0.2) is 5.76 Å². The molecule has 0 saturated heterocycles. The second kappa shape index (κ2) is 7.80. The smallest absolute Gasteiger partial charge is 0.379 e. The lowest BCUT2D eigenvalue weighted by Gasteiger charge is -2.06. The summed E-state index contributed by atoms with van der Waals surface area (Å²) >= 11 is 3.40. The van der Waals surface area contributed by atoms with Gasteiger partial charge in [-0.3, -0.25) is 4.79 Å². The summed E-state index contributed by atoms with van der Waals surface area (Å²) in [5.41, 5.74) is 3.69. The molecule has 0 unspecified atom stereocenters. The molecule has 6 heteroatoms. The summed E-state index contributed by atoms with van der Waals surface area (Å²) in [7, 11) is 0. The summed E-state index contributed by atoms with van der Waals surface area (Å²) < 4.78 is 17.8. The minimum absolute atomic E-state index is 0.0910. The second-order valence-corrected chi connectivity index (χ2v) is 8.57. The first-order chi connectivity index (χ1) is 15.4. The van der Waals surface area contributed by atoms with Crippen LogP contribution >= 0.6 is 15.9 Å². The number of hydrogen-bond acceptors (Lipinski definition) is 5. The third-order valence-corrected chi connectivity index (χ3v) is 5.67. The third kappa shape index (κ3) is 3.74. The van der Waals surface area contributed by atoms with Crippen LogP contribution in [0.25, 0.3) is 17.0 Å². The molecule has 158 valence electrons. The van der Waals surface area contributed by atoms with E-state index in [9.17, 15) is 9.59 Å². The van der Waals surface area contributed by atoms with Crippen LogP contribution in [0.3, 0.4) is 0 Å². The first-order valence-corrected chi connectivity index (χ1v) is 10.7. The van der Waals surface area contributed by atoms with Crippen LogP contribution in [0.2, 0.25) is 0 Å². The lowest BCUT2D eigenvalue weighted by molar-refractivity contribution is 0.0703. The molecule has 0 N–H and O–H groups in total. The van der Waals surface area contributed by atoms with Gasteiger partial charge in [-0.15, -0.1) is 0 Å². The highest BCUT2D eigenvalue weighted by molar-refractivity contribution is 9.10. The molecule has 0 amide bonds. The number of carbonyl (C=O) groups excluding carboxylic acids is 2. The molecular weight excluding hydrogens is 472 g/mol. The van der Waals surface area contributed by atoms with Crippen molar-refractivity contribution in [2.75, 3.05) is 0 Å². The number of hydrogen-bond donors (Lipinski definition) is 0. The Labute approximate surface area is 192 Å². The van der Waals surface area contributed by atoms with Gasteiger partial charge in [-0.05, 0) is 61.4 Å². The number of ether oxygens (including phenoxy) is 2. The Kier molecular flexibility index (Phi) is 4.94. The maximum absolute atomic E-state index is 12.9. The highest BCUT2D eigenvalue weighted by Crippen LogP contribution is 2.38. The van der Waals surface area contributed by atoms with Gasteiger partial charge in [-0.25, -0.2) is 4.79 Å². The van der Waals surface area contributed by atoms with Crippen molar-refractivity contribution in [1.29, 1.82) is 0 Å². The van der Waals surface area contributed by atoms with Gasteiger partial charge >= 0.3 is 5.97 Å². The Balaban J connectivity index is 1.42. The monoisotopic (exact) mass is 488 g/mol. The number of allylic oxidation sites excluding steroid dienone is 1. The Morgan fingerprint density at radius 2 is 1.88 bits per heavy atom. The van der Waals surface area contributed by atoms with Crippen molar-refractivity contribution in [3.63, 3.8) is 0 Å². The Morgan fingerprint density at radius 1 is 1.03 bits per heavy atom. The number of rotatable bonds is 3. The van der Waals surface area contributed by atoms with E-state index in [2.05, 4.69) is 15.9 Å². The average molecular weight is 489 g/mol. The molecule has 4 aromatic rings. The molecule has 2 heterocycles. The normalized spacial score (nSPS) is 14.0. The first-order valence-electron chi connectivity index (χ1n) is 9.94. The number of esters is 1. The molecule has 1 aliphatic heterocycles. The zero-order chi connectivity index (χ0) is 22.4. The van der Waals surface area contributed by atoms with E-state index < -0.39 is 5.97 Å². The van der Waals surface area contributed by atoms with Crippen molar-refractivity contribution in [3.05, 3.63) is 98.9 Å². The van der Waals surface area contributed by atoms with Gasteiger partial charge in [0.1, 0.15) is 17.1 Å². The molecule has 0 fully saturated rings. The molecule has 32 heavy (non-hydrogen) atoms. The highest BCUT2D eigenvalue weighted by Gasteiger charge is 2.30. The predicted octanol–water partition coefficient (Wildman–Crippen LogP) is 6.65. The van der Waals surface area contributed by atoms with Gasteiger partial charge in [-0.1, -0.05) is 45.8 Å². The van der Waals surface area contributed by atoms with Crippen molar-refractivity contribution in [3.8, 4) is 11.5 Å². The Bertz CT molecular complexity index is 1440. The van der Waals surface area contributed by atoms with Gasteiger partial charge in [-0.2, -0.15) is 0 Å². The summed E-state index contributed by atoms with van der Waals surface area (Å²) in [5, 5.41) is 0.788. The van der Waals surface area contributed by atoms with Crippen molar-refractivity contribution in [2.24, 2.45) is 0 Å². The van der Waals surface area contributed by atoms with Crippen molar-refractivity contribution in [1.82, 2.24) is 0 Å². The summed E-state index contributed by atoms with van der Waals surface area (Å²) in [6.07, 6.45) is 1.72. The first kappa shape index (κ1) is 20.3. The Hall–Kier alpha value is -3.64. The van der Waals surface area contributed by atoms with Crippen LogP contribution in [0.4, 0.5) is 0 Å². The molecule has 5 nitrogen and oxygen atoms in total. The minimum Gasteiger partial charge on any atom is -0.452 e. The number of fused-ring (bicyclic) bond motifs is 2. The lowest BCUT2D eigenvalue weighted by Crippen LogP contribution is -2.07. The molecule has 1 aromatic heterocycles. The molecule has 0 spiro atoms. The van der Waals surface area contributed by atoms with E-state index in [0.29, 0.717) is 22.5 Å². The van der Waals surface area contributed by atoms with E-state index in [-0.39, 0.29) is 23.1 Å². The topological polar surface area (TPSA) is 65.7 Å². The van der Waals surface area contributed by atoms with Crippen LogP contribution in [-0.2, 0) is 0 Å². The van der Waals surface area contributed by atoms with Gasteiger partial charge in [0, 0.05) is 15.9 Å². The van der Waals surface area contributed by atoms with E-state index in [4.69, 9.17) is 13.9 Å². The van der Waals surface area contributed by atoms with Crippen LogP contribution in [-0.4, -0.2) is 11.8 Å². The van der Waals surface area contributed by atoms with Crippen molar-refractivity contribution >= 4 is 44.7 Å². The zero-order valence-corrected chi connectivity index (χ0v) is 18.9. The second-order valence-electron chi connectivity index (χ2n) is 7.65. The quantitative estimate of drug-likeness (QED) is 0.183. The number of Topliss-reactive ketones (excluding diaryl/α,β-unsaturated/α-hetero) is 1. The fraction of sp³-hybridized carbons (Fsp3) is 0.0769. The van der Waals surface area contributed by atoms with Crippen LogP contribution < -0.4 is 9.47 Å². The predicted molar refractivity (Wildman–Crippen MR) is 124 cm³/mol. The molecule has 0 radical (unpaired) electrons. The Morgan fingerprint density at radius 3 is 2.69 bits per heavy atom. The zero-order valence-electron chi connectivity index (χ0n) is 17.3. The van der Waals surface area contributed by atoms with Crippen molar-refractivity contribution < 1.29 is 23.5 Å². The lowest BCUT2D eigenvalue weighted by atomic mass is 10.0. The van der Waals surface area contributed by atoms with Crippen LogP contribution in [0.5, 0.6) is 11.5 Å². The van der Waals surface area contributed by atoms with Crippen molar-refractivity contribution in [2.45, 2.75) is 13.8 Å². The highest BCUT2D eigenvalue weighted by atomic mass is 79.9. The molecular formula is C26H17BrO5. The molecule has 0 saturated carbocycles. The van der Waals surface area contributed by atoms with Gasteiger partial charge in [0.25, 0.3) is 0 Å². The molecule has 0 aliphatic carbocycles. The van der Waals surface area contributed by atoms with Crippen LogP contribution in [0.15, 0.2) is 75.3 Å². The number of ketones is 1. The summed E-state index contributed by atoms with van der Waals surface area (Å²) in [6, 6.07) is 18.1. The molecule has 1 aliphatic rings. The van der Waals surface area contributed by atoms with E-state index in [1.807, 2.05) is 43.3 Å². The largest absolute Gasteiger partial charge is 0.452 e. The maximum Gasteiger partial charge on any atom is 0.379 e. The van der Waals surface area contributed by atoms with Gasteiger partial charge in [0.2, 0.25) is 11.5 Å². The van der Waals surface area contributed by atoms with Gasteiger partial charge < -0.3 is 13.9 Å². The maximum atomic E-state index is 12.9. The minimum atomic E-state index is -0.628. The molecule has 3 aromatic carbocycles. The number of benzene rings is 3. The fourth-order valence-electron chi connectivity index (χ4n) is 3.72. The summed E-state index contributed by atoms with van der Waals surface area (Å²) in [6.45, 7) is 3.77. The summed E-state index contributed by atoms with van der Waals surface area (Å²) in [4.78, 5) is 25.5. The molecule has 0 bridgehead atoms. The van der Waals surface area contributed by atoms with E-state index >= 15 is 0 Å². The third-order valence-electron chi connectivity index (χ3n) is 5.17. The van der Waals surface area contributed by atoms with E-state index in [1.54, 1.807) is 37.3 Å². The number of aryl methyl sites for hydroxylation is 2. The molecule has 0 atom stereocenters. The SMILES string of the molecule is Cc1cccc(/C=C2\Oc3cc(OC(=O)c4cc5cc(Br)ccc5o4)cc(C)c3C2=O)c1. The van der Waals surface area contributed by atoms with Crippen LogP contribution in [0.1, 0.15) is 37.6 Å². The van der Waals surface area contributed by atoms with E-state index in [0.717, 1.165) is 21.0 Å². The van der Waals surface area contributed by atoms with Crippen LogP contribution in [0, 0.1) is 13.8 Å². The fourth-order valence-corrected chi connectivity index (χ4v) is 4.10. The average Bonchev–Trinajstić information content (AvgIpc) is 3.29. The number of carbonyl (C=O) groups is 2. The summed E-state index contributed by atoms with van der Waals surface area (Å²) in [5.74, 6) is 0.146.